The van der Waals surface area contributed by atoms with E-state index in [4.69, 9.17) is 0 Å². The lowest BCUT2D eigenvalue weighted by atomic mass is 9.69. The second kappa shape index (κ2) is 7.20. The molecule has 4 unspecified atom stereocenters. The van der Waals surface area contributed by atoms with Crippen molar-refractivity contribution >= 4 is 82.1 Å². The zero-order valence-corrected chi connectivity index (χ0v) is 20.5. The fourth-order valence-corrected chi connectivity index (χ4v) is 12.8. The fraction of sp³-hybridized carbons (Fsp3) is 0.333. The molecule has 2 bridgehead atoms. The number of carbonyl (C=O) groups excluding carboxylic acids is 2. The second-order valence-corrected chi connectivity index (χ2v) is 14.4. The fourth-order valence-electron chi connectivity index (χ4n) is 4.93. The molecule has 0 aromatic heterocycles. The van der Waals surface area contributed by atoms with E-state index in [0.717, 1.165) is 16.2 Å². The van der Waals surface area contributed by atoms with E-state index in [9.17, 15) is 9.59 Å². The van der Waals surface area contributed by atoms with Gasteiger partial charge in [-0.25, -0.2) is 0 Å². The molecular formula is C21H16O2S6. The Labute approximate surface area is 195 Å². The van der Waals surface area contributed by atoms with Gasteiger partial charge in [-0.2, -0.15) is 0 Å². The molecule has 8 heteroatoms. The van der Waals surface area contributed by atoms with Gasteiger partial charge in [0, 0.05) is 32.8 Å². The summed E-state index contributed by atoms with van der Waals surface area (Å²) >= 11 is 10.8. The first-order valence-corrected chi connectivity index (χ1v) is 15.0. The van der Waals surface area contributed by atoms with Crippen LogP contribution in [-0.4, -0.2) is 24.1 Å². The predicted molar refractivity (Wildman–Crippen MR) is 131 cm³/mol. The molecule has 2 heterocycles. The van der Waals surface area contributed by atoms with E-state index in [2.05, 4.69) is 24.7 Å². The standard InChI is InChI=1S/C21H16O2S6/c1-24-18-19(25-2)29-21(28-18)20-26-12-6-10-11(7-13(12)27-20)17(23)15-9-4-3-8(5-9)14(15)16(10)22/h3-4,6-9,14-15H,5H2,1-2H3. The number of ketones is 2. The van der Waals surface area contributed by atoms with E-state index >= 15 is 0 Å². The number of hydrogen-bond donors (Lipinski definition) is 0. The maximum absolute atomic E-state index is 13.3. The van der Waals surface area contributed by atoms with Crippen LogP contribution >= 0.6 is 70.6 Å². The van der Waals surface area contributed by atoms with Crippen LogP contribution in [0, 0.1) is 23.7 Å². The molecule has 1 aromatic rings. The summed E-state index contributed by atoms with van der Waals surface area (Å²) in [7, 11) is 0. The van der Waals surface area contributed by atoms with Crippen LogP contribution in [0.3, 0.4) is 0 Å². The highest BCUT2D eigenvalue weighted by atomic mass is 32.3. The third-order valence-electron chi connectivity index (χ3n) is 6.16. The van der Waals surface area contributed by atoms with E-state index in [1.54, 1.807) is 47.0 Å². The number of hydrogen-bond acceptors (Lipinski definition) is 8. The van der Waals surface area contributed by atoms with Crippen LogP contribution in [0.4, 0.5) is 0 Å². The third kappa shape index (κ3) is 2.85. The van der Waals surface area contributed by atoms with Crippen LogP contribution in [0.1, 0.15) is 27.1 Å². The van der Waals surface area contributed by atoms with Gasteiger partial charge in [-0.15, -0.1) is 23.5 Å². The molecule has 0 spiro atoms. The maximum Gasteiger partial charge on any atom is 0.168 e. The van der Waals surface area contributed by atoms with Crippen molar-refractivity contribution in [2.75, 3.05) is 12.5 Å². The van der Waals surface area contributed by atoms with Gasteiger partial charge in [0.25, 0.3) is 0 Å². The first-order chi connectivity index (χ1) is 14.1. The summed E-state index contributed by atoms with van der Waals surface area (Å²) in [5.74, 6) is 0.648. The van der Waals surface area contributed by atoms with E-state index in [1.807, 2.05) is 35.7 Å². The lowest BCUT2D eigenvalue weighted by molar-refractivity contribution is 0.0720. The molecule has 5 aliphatic rings. The van der Waals surface area contributed by atoms with Gasteiger partial charge in [-0.05, 0) is 42.9 Å². The highest BCUT2D eigenvalue weighted by Crippen LogP contribution is 2.64. The normalized spacial score (nSPS) is 31.8. The summed E-state index contributed by atoms with van der Waals surface area (Å²) in [6.45, 7) is 0. The average molecular weight is 493 g/mol. The molecule has 1 aromatic carbocycles. The summed E-state index contributed by atoms with van der Waals surface area (Å²) in [6.07, 6.45) is 9.55. The van der Waals surface area contributed by atoms with Crippen molar-refractivity contribution in [1.29, 1.82) is 0 Å². The minimum Gasteiger partial charge on any atom is -0.294 e. The minimum atomic E-state index is -0.127. The SMILES string of the molecule is CSC1=C(SC)SC(=C2Sc3cc4c(cc3S2)C(=O)C2C3C=CC(C3)C2C4=O)S1. The van der Waals surface area contributed by atoms with Crippen molar-refractivity contribution in [2.24, 2.45) is 23.7 Å². The molecule has 2 aliphatic heterocycles. The van der Waals surface area contributed by atoms with Crippen LogP contribution in [0.2, 0.25) is 0 Å². The van der Waals surface area contributed by atoms with E-state index in [1.165, 1.54) is 16.9 Å². The summed E-state index contributed by atoms with van der Waals surface area (Å²) < 4.78 is 5.32. The molecule has 3 aliphatic carbocycles. The van der Waals surface area contributed by atoms with Crippen LogP contribution in [0.5, 0.6) is 0 Å². The Kier molecular flexibility index (Phi) is 4.86. The smallest absolute Gasteiger partial charge is 0.168 e. The van der Waals surface area contributed by atoms with Gasteiger partial charge in [0.2, 0.25) is 0 Å². The Morgan fingerprint density at radius 1 is 0.759 bits per heavy atom. The van der Waals surface area contributed by atoms with Crippen molar-refractivity contribution in [3.8, 4) is 0 Å². The summed E-state index contributed by atoms with van der Waals surface area (Å²) in [4.78, 5) is 28.8. The largest absolute Gasteiger partial charge is 0.294 e. The van der Waals surface area contributed by atoms with Crippen LogP contribution in [0.15, 0.2) is 51.0 Å². The van der Waals surface area contributed by atoms with Crippen molar-refractivity contribution in [3.05, 3.63) is 52.4 Å². The quantitative estimate of drug-likeness (QED) is 0.402. The maximum atomic E-state index is 13.3. The Hall–Kier alpha value is -0.120. The molecule has 1 saturated carbocycles. The first kappa shape index (κ1) is 19.6. The number of rotatable bonds is 2. The topological polar surface area (TPSA) is 34.1 Å². The lowest BCUT2D eigenvalue weighted by Gasteiger charge is -2.31. The Morgan fingerprint density at radius 3 is 1.66 bits per heavy atom. The van der Waals surface area contributed by atoms with Gasteiger partial charge < -0.3 is 0 Å². The molecule has 29 heavy (non-hydrogen) atoms. The number of allylic oxidation sites excluding steroid dienone is 2. The van der Waals surface area contributed by atoms with Gasteiger partial charge >= 0.3 is 0 Å². The molecule has 6 rings (SSSR count). The highest BCUT2D eigenvalue weighted by Gasteiger charge is 2.54. The predicted octanol–water partition coefficient (Wildman–Crippen LogP) is 7.16. The minimum absolute atomic E-state index is 0.127. The van der Waals surface area contributed by atoms with Crippen LogP contribution in [0.25, 0.3) is 0 Å². The number of carbonyl (C=O) groups is 2. The molecule has 2 nitrogen and oxygen atoms in total. The zero-order chi connectivity index (χ0) is 19.9. The number of fused-ring (bicyclic) bond motifs is 7. The Bertz CT molecular complexity index is 1010. The van der Waals surface area contributed by atoms with Gasteiger partial charge in [-0.1, -0.05) is 59.2 Å². The van der Waals surface area contributed by atoms with E-state index < -0.39 is 0 Å². The van der Waals surface area contributed by atoms with Gasteiger partial charge in [0.05, 0.1) is 16.9 Å². The molecule has 0 saturated heterocycles. The van der Waals surface area contributed by atoms with Crippen molar-refractivity contribution in [2.45, 2.75) is 16.2 Å². The summed E-state index contributed by atoms with van der Waals surface area (Å²) in [5, 5.41) is 0. The van der Waals surface area contributed by atoms with Crippen LogP contribution in [-0.2, 0) is 0 Å². The summed E-state index contributed by atoms with van der Waals surface area (Å²) in [5.41, 5.74) is 1.32. The van der Waals surface area contributed by atoms with Crippen LogP contribution < -0.4 is 0 Å². The molecule has 0 N–H and O–H groups in total. The molecule has 0 amide bonds. The zero-order valence-electron chi connectivity index (χ0n) is 15.6. The van der Waals surface area contributed by atoms with Gasteiger partial charge in [0.1, 0.15) is 0 Å². The second-order valence-electron chi connectivity index (χ2n) is 7.54. The average Bonchev–Trinajstić information content (AvgIpc) is 3.51. The first-order valence-electron chi connectivity index (χ1n) is 9.31. The molecule has 0 radical (unpaired) electrons. The molecular weight excluding hydrogens is 477 g/mol. The number of benzene rings is 1. The van der Waals surface area contributed by atoms with Crippen molar-refractivity contribution in [3.63, 3.8) is 0 Å². The third-order valence-corrected chi connectivity index (χ3v) is 14.4. The Balaban J connectivity index is 1.36. The van der Waals surface area contributed by atoms with E-state index in [-0.39, 0.29) is 35.2 Å². The lowest BCUT2D eigenvalue weighted by Crippen LogP contribution is -2.38. The number of Topliss-reactive ketones (excluding diaryl/α,β-unsaturated/α-hetero) is 2. The van der Waals surface area contributed by atoms with E-state index in [0.29, 0.717) is 11.1 Å². The molecule has 1 fully saturated rings. The summed E-state index contributed by atoms with van der Waals surface area (Å²) in [6, 6.07) is 4.01. The number of thioether (sulfide) groups is 6. The Morgan fingerprint density at radius 2 is 1.21 bits per heavy atom. The highest BCUT2D eigenvalue weighted by molar-refractivity contribution is 8.41. The monoisotopic (exact) mass is 492 g/mol. The molecule has 4 atom stereocenters. The molecule has 148 valence electrons. The van der Waals surface area contributed by atoms with Crippen molar-refractivity contribution in [1.82, 2.24) is 0 Å². The van der Waals surface area contributed by atoms with Gasteiger partial charge in [0.15, 0.2) is 11.6 Å². The van der Waals surface area contributed by atoms with Gasteiger partial charge in [-0.3, -0.25) is 9.59 Å². The van der Waals surface area contributed by atoms with Crippen molar-refractivity contribution < 1.29 is 9.59 Å².